The summed E-state index contributed by atoms with van der Waals surface area (Å²) in [7, 11) is 1.56. The van der Waals surface area contributed by atoms with Crippen molar-refractivity contribution < 1.29 is 22.6 Å². The summed E-state index contributed by atoms with van der Waals surface area (Å²) in [5, 5.41) is 5.98. The van der Waals surface area contributed by atoms with E-state index in [0.717, 1.165) is 11.3 Å². The van der Waals surface area contributed by atoms with Gasteiger partial charge in [-0.05, 0) is 25.1 Å². The van der Waals surface area contributed by atoms with Gasteiger partial charge in [-0.25, -0.2) is 4.39 Å². The minimum absolute atomic E-state index is 0.00420. The SMILES string of the molecule is CCOc1ccccc1CNC(=NC)NCc1c(F)cccc1OC(F)F. The molecule has 0 amide bonds. The van der Waals surface area contributed by atoms with Gasteiger partial charge in [-0.15, -0.1) is 0 Å². The standard InChI is InChI=1S/C19H22F3N3O2/c1-3-26-16-9-5-4-7-13(16)11-24-19(23-2)25-12-14-15(20)8-6-10-17(14)27-18(21)22/h4-10,18H,3,11-12H2,1-2H3,(H2,23,24,25). The number of rotatable bonds is 8. The Morgan fingerprint density at radius 2 is 1.74 bits per heavy atom. The molecule has 0 saturated heterocycles. The average Bonchev–Trinajstić information content (AvgIpc) is 2.64. The van der Waals surface area contributed by atoms with Crippen molar-refractivity contribution in [2.75, 3.05) is 13.7 Å². The number of ether oxygens (including phenoxy) is 2. The third-order valence-corrected chi connectivity index (χ3v) is 3.67. The zero-order valence-corrected chi connectivity index (χ0v) is 15.1. The number of nitrogens with zero attached hydrogens (tertiary/aromatic N) is 1. The van der Waals surface area contributed by atoms with Crippen LogP contribution in [-0.4, -0.2) is 26.2 Å². The lowest BCUT2D eigenvalue weighted by Gasteiger charge is -2.16. The summed E-state index contributed by atoms with van der Waals surface area (Å²) in [6, 6.07) is 11.3. The van der Waals surface area contributed by atoms with Gasteiger partial charge in [0.15, 0.2) is 5.96 Å². The summed E-state index contributed by atoms with van der Waals surface area (Å²) < 4.78 is 48.9. The van der Waals surface area contributed by atoms with Crippen LogP contribution >= 0.6 is 0 Å². The van der Waals surface area contributed by atoms with Crippen LogP contribution in [0.4, 0.5) is 13.2 Å². The maximum atomic E-state index is 14.0. The summed E-state index contributed by atoms with van der Waals surface area (Å²) in [6.45, 7) is -0.227. The monoisotopic (exact) mass is 381 g/mol. The summed E-state index contributed by atoms with van der Waals surface area (Å²) in [4.78, 5) is 4.06. The fourth-order valence-electron chi connectivity index (χ4n) is 2.43. The molecule has 0 spiro atoms. The van der Waals surface area contributed by atoms with Gasteiger partial charge >= 0.3 is 6.61 Å². The molecule has 0 aliphatic heterocycles. The first-order chi connectivity index (χ1) is 13.0. The predicted octanol–water partition coefficient (Wildman–Crippen LogP) is 3.69. The van der Waals surface area contributed by atoms with E-state index in [4.69, 9.17) is 4.74 Å². The van der Waals surface area contributed by atoms with E-state index in [0.29, 0.717) is 19.1 Å². The second kappa shape index (κ2) is 10.3. The Morgan fingerprint density at radius 1 is 1.04 bits per heavy atom. The number of halogens is 3. The molecule has 146 valence electrons. The lowest BCUT2D eigenvalue weighted by atomic mass is 10.2. The fraction of sp³-hybridized carbons (Fsp3) is 0.316. The maximum absolute atomic E-state index is 14.0. The fourth-order valence-corrected chi connectivity index (χ4v) is 2.43. The van der Waals surface area contributed by atoms with Gasteiger partial charge in [0.2, 0.25) is 0 Å². The van der Waals surface area contributed by atoms with Crippen LogP contribution in [0, 0.1) is 5.82 Å². The van der Waals surface area contributed by atoms with Crippen LogP contribution in [0.25, 0.3) is 0 Å². The number of aliphatic imine (C=N–C) groups is 1. The van der Waals surface area contributed by atoms with Gasteiger partial charge in [-0.2, -0.15) is 8.78 Å². The van der Waals surface area contributed by atoms with E-state index < -0.39 is 12.4 Å². The van der Waals surface area contributed by atoms with Gasteiger partial charge in [0, 0.05) is 31.3 Å². The van der Waals surface area contributed by atoms with Gasteiger partial charge in [0.1, 0.15) is 17.3 Å². The van der Waals surface area contributed by atoms with Crippen molar-refractivity contribution >= 4 is 5.96 Å². The third kappa shape index (κ3) is 6.09. The average molecular weight is 381 g/mol. The van der Waals surface area contributed by atoms with Gasteiger partial charge in [-0.3, -0.25) is 4.99 Å². The van der Waals surface area contributed by atoms with Crippen molar-refractivity contribution in [2.45, 2.75) is 26.6 Å². The second-order valence-corrected chi connectivity index (χ2v) is 5.42. The van der Waals surface area contributed by atoms with Crippen LogP contribution in [-0.2, 0) is 13.1 Å². The van der Waals surface area contributed by atoms with Crippen molar-refractivity contribution in [2.24, 2.45) is 4.99 Å². The first kappa shape index (κ1) is 20.4. The van der Waals surface area contributed by atoms with Crippen LogP contribution in [0.2, 0.25) is 0 Å². The molecule has 2 aromatic rings. The summed E-state index contributed by atoms with van der Waals surface area (Å²) in [5.41, 5.74) is 0.922. The number of hydrogen-bond donors (Lipinski definition) is 2. The van der Waals surface area contributed by atoms with E-state index in [1.165, 1.54) is 18.2 Å². The molecule has 2 rings (SSSR count). The van der Waals surface area contributed by atoms with Crippen LogP contribution < -0.4 is 20.1 Å². The van der Waals surface area contributed by atoms with Crippen LogP contribution in [0.15, 0.2) is 47.5 Å². The molecule has 2 N–H and O–H groups in total. The Bertz CT molecular complexity index is 770. The molecule has 0 radical (unpaired) electrons. The molecule has 5 nitrogen and oxygen atoms in total. The number of alkyl halides is 2. The molecule has 27 heavy (non-hydrogen) atoms. The van der Waals surface area contributed by atoms with E-state index >= 15 is 0 Å². The molecule has 0 unspecified atom stereocenters. The quantitative estimate of drug-likeness (QED) is 0.541. The zero-order chi connectivity index (χ0) is 19.6. The molecule has 8 heteroatoms. The Balaban J connectivity index is 2.01. The normalized spacial score (nSPS) is 11.4. The number of hydrogen-bond acceptors (Lipinski definition) is 3. The van der Waals surface area contributed by atoms with Crippen LogP contribution in [0.5, 0.6) is 11.5 Å². The highest BCUT2D eigenvalue weighted by Crippen LogP contribution is 2.23. The molecule has 0 fully saturated rings. The van der Waals surface area contributed by atoms with Crippen LogP contribution in [0.3, 0.4) is 0 Å². The number of nitrogens with one attached hydrogen (secondary N) is 2. The predicted molar refractivity (Wildman–Crippen MR) is 97.7 cm³/mol. The van der Waals surface area contributed by atoms with Crippen molar-refractivity contribution in [3.63, 3.8) is 0 Å². The first-order valence-corrected chi connectivity index (χ1v) is 8.42. The Morgan fingerprint density at radius 3 is 2.44 bits per heavy atom. The highest BCUT2D eigenvalue weighted by molar-refractivity contribution is 5.79. The van der Waals surface area contributed by atoms with Gasteiger partial charge in [0.05, 0.1) is 6.61 Å². The molecule has 0 saturated carbocycles. The highest BCUT2D eigenvalue weighted by atomic mass is 19.3. The molecule has 2 aromatic carbocycles. The lowest BCUT2D eigenvalue weighted by molar-refractivity contribution is -0.0506. The Labute approximate surface area is 156 Å². The number of benzene rings is 2. The highest BCUT2D eigenvalue weighted by Gasteiger charge is 2.14. The van der Waals surface area contributed by atoms with Gasteiger partial charge in [0.25, 0.3) is 0 Å². The molecular formula is C19H22F3N3O2. The van der Waals surface area contributed by atoms with Gasteiger partial charge < -0.3 is 20.1 Å². The smallest absolute Gasteiger partial charge is 0.387 e. The van der Waals surface area contributed by atoms with Crippen molar-refractivity contribution in [3.05, 3.63) is 59.4 Å². The Hall–Kier alpha value is -2.90. The van der Waals surface area contributed by atoms with E-state index in [-0.39, 0.29) is 17.9 Å². The first-order valence-electron chi connectivity index (χ1n) is 8.42. The van der Waals surface area contributed by atoms with Crippen molar-refractivity contribution in [1.82, 2.24) is 10.6 Å². The van der Waals surface area contributed by atoms with E-state index in [1.807, 2.05) is 31.2 Å². The zero-order valence-electron chi connectivity index (χ0n) is 15.1. The minimum atomic E-state index is -3.03. The van der Waals surface area contributed by atoms with E-state index in [9.17, 15) is 13.2 Å². The molecule has 0 aliphatic carbocycles. The lowest BCUT2D eigenvalue weighted by Crippen LogP contribution is -2.36. The summed E-state index contributed by atoms with van der Waals surface area (Å²) in [6.07, 6.45) is 0. The largest absolute Gasteiger partial charge is 0.494 e. The molecule has 0 bridgehead atoms. The van der Waals surface area contributed by atoms with E-state index in [1.54, 1.807) is 7.05 Å². The molecule has 0 atom stereocenters. The number of guanidine groups is 1. The topological polar surface area (TPSA) is 54.9 Å². The van der Waals surface area contributed by atoms with E-state index in [2.05, 4.69) is 20.4 Å². The number of para-hydroxylation sites is 1. The van der Waals surface area contributed by atoms with Crippen molar-refractivity contribution in [1.29, 1.82) is 0 Å². The Kier molecular flexibility index (Phi) is 7.79. The van der Waals surface area contributed by atoms with Crippen molar-refractivity contribution in [3.8, 4) is 11.5 Å². The summed E-state index contributed by atoms with van der Waals surface area (Å²) >= 11 is 0. The second-order valence-electron chi connectivity index (χ2n) is 5.42. The molecule has 0 aromatic heterocycles. The van der Waals surface area contributed by atoms with Crippen LogP contribution in [0.1, 0.15) is 18.1 Å². The third-order valence-electron chi connectivity index (χ3n) is 3.67. The minimum Gasteiger partial charge on any atom is -0.494 e. The summed E-state index contributed by atoms with van der Waals surface area (Å²) in [5.74, 6) is 0.282. The molecular weight excluding hydrogens is 359 g/mol. The molecule has 0 heterocycles. The van der Waals surface area contributed by atoms with Gasteiger partial charge in [-0.1, -0.05) is 24.3 Å². The molecule has 0 aliphatic rings. The maximum Gasteiger partial charge on any atom is 0.387 e.